The van der Waals surface area contributed by atoms with Gasteiger partial charge in [-0.25, -0.2) is 8.78 Å². The van der Waals surface area contributed by atoms with Crippen LogP contribution in [0, 0.1) is 11.6 Å². The van der Waals surface area contributed by atoms with Crippen molar-refractivity contribution in [2.24, 2.45) is 0 Å². The molecule has 3 nitrogen and oxygen atoms in total. The molecule has 3 aromatic rings. The van der Waals surface area contributed by atoms with Crippen molar-refractivity contribution < 1.29 is 18.3 Å². The topological polar surface area (TPSA) is 38.3 Å². The van der Waals surface area contributed by atoms with Crippen LogP contribution in [-0.2, 0) is 0 Å². The van der Waals surface area contributed by atoms with Crippen molar-refractivity contribution >= 4 is 5.91 Å². The maximum atomic E-state index is 13.4. The fraction of sp³-hybridized carbons (Fsp3) is 0.0952. The van der Waals surface area contributed by atoms with Crippen molar-refractivity contribution in [3.63, 3.8) is 0 Å². The molecule has 0 radical (unpaired) electrons. The number of benzene rings is 3. The van der Waals surface area contributed by atoms with Crippen LogP contribution in [0.4, 0.5) is 8.78 Å². The number of hydrogen-bond donors (Lipinski definition) is 1. The van der Waals surface area contributed by atoms with Gasteiger partial charge in [0.05, 0.1) is 13.2 Å². The molecule has 0 saturated heterocycles. The predicted molar refractivity (Wildman–Crippen MR) is 95.1 cm³/mol. The lowest BCUT2D eigenvalue weighted by Gasteiger charge is -2.20. The second kappa shape index (κ2) is 7.78. The molecule has 0 aliphatic rings. The van der Waals surface area contributed by atoms with Crippen LogP contribution < -0.4 is 10.1 Å². The molecule has 0 aromatic heterocycles. The summed E-state index contributed by atoms with van der Waals surface area (Å²) in [5.74, 6) is -1.84. The highest BCUT2D eigenvalue weighted by atomic mass is 19.2. The SMILES string of the molecule is COc1ccc(C(NC(=O)c2ccc(F)c(F)c2)c2ccccc2)cc1. The van der Waals surface area contributed by atoms with Crippen molar-refractivity contribution in [1.29, 1.82) is 0 Å². The number of amides is 1. The third-order valence-corrected chi connectivity index (χ3v) is 4.04. The third-order valence-electron chi connectivity index (χ3n) is 4.04. The van der Waals surface area contributed by atoms with E-state index in [9.17, 15) is 13.6 Å². The van der Waals surface area contributed by atoms with Gasteiger partial charge in [-0.1, -0.05) is 42.5 Å². The smallest absolute Gasteiger partial charge is 0.252 e. The fourth-order valence-electron chi connectivity index (χ4n) is 2.65. The molecule has 26 heavy (non-hydrogen) atoms. The molecule has 0 fully saturated rings. The third kappa shape index (κ3) is 3.88. The highest BCUT2D eigenvalue weighted by molar-refractivity contribution is 5.94. The molecule has 0 spiro atoms. The van der Waals surface area contributed by atoms with Crippen molar-refractivity contribution in [1.82, 2.24) is 5.32 Å². The minimum absolute atomic E-state index is 0.0540. The van der Waals surface area contributed by atoms with Crippen LogP contribution >= 0.6 is 0 Å². The number of ether oxygens (including phenoxy) is 1. The summed E-state index contributed by atoms with van der Waals surface area (Å²) in [4.78, 5) is 12.6. The van der Waals surface area contributed by atoms with Crippen LogP contribution in [0.3, 0.4) is 0 Å². The molecule has 0 bridgehead atoms. The van der Waals surface area contributed by atoms with Crippen LogP contribution in [-0.4, -0.2) is 13.0 Å². The Balaban J connectivity index is 1.92. The molecule has 5 heteroatoms. The first kappa shape index (κ1) is 17.6. The van der Waals surface area contributed by atoms with Gasteiger partial charge in [0.1, 0.15) is 5.75 Å². The average molecular weight is 353 g/mol. The highest BCUT2D eigenvalue weighted by Gasteiger charge is 2.19. The second-order valence-corrected chi connectivity index (χ2v) is 5.72. The monoisotopic (exact) mass is 353 g/mol. The molecule has 1 unspecified atom stereocenters. The number of rotatable bonds is 5. The Labute approximate surface area is 150 Å². The molecule has 132 valence electrons. The molecule has 0 heterocycles. The van der Waals surface area contributed by atoms with Crippen LogP contribution in [0.2, 0.25) is 0 Å². The van der Waals surface area contributed by atoms with E-state index in [4.69, 9.17) is 4.74 Å². The maximum Gasteiger partial charge on any atom is 0.252 e. The van der Waals surface area contributed by atoms with E-state index in [0.717, 1.165) is 23.3 Å². The van der Waals surface area contributed by atoms with Gasteiger partial charge >= 0.3 is 0 Å². The quantitative estimate of drug-likeness (QED) is 0.734. The summed E-state index contributed by atoms with van der Waals surface area (Å²) >= 11 is 0. The summed E-state index contributed by atoms with van der Waals surface area (Å²) in [6.45, 7) is 0. The van der Waals surface area contributed by atoms with Crippen molar-refractivity contribution in [2.75, 3.05) is 7.11 Å². The molecule has 3 aromatic carbocycles. The van der Waals surface area contributed by atoms with Crippen molar-refractivity contribution in [2.45, 2.75) is 6.04 Å². The van der Waals surface area contributed by atoms with Gasteiger partial charge in [-0.3, -0.25) is 4.79 Å². The van der Waals surface area contributed by atoms with Gasteiger partial charge in [0.15, 0.2) is 11.6 Å². The van der Waals surface area contributed by atoms with Gasteiger partial charge in [-0.05, 0) is 41.5 Å². The molecule has 3 rings (SSSR count). The summed E-state index contributed by atoms with van der Waals surface area (Å²) < 4.78 is 31.7. The Kier molecular flexibility index (Phi) is 5.27. The van der Waals surface area contributed by atoms with Gasteiger partial charge < -0.3 is 10.1 Å². The largest absolute Gasteiger partial charge is 0.497 e. The molecular weight excluding hydrogens is 336 g/mol. The second-order valence-electron chi connectivity index (χ2n) is 5.72. The maximum absolute atomic E-state index is 13.4. The Bertz CT molecular complexity index is 896. The normalized spacial score (nSPS) is 11.7. The minimum atomic E-state index is -1.06. The molecule has 1 N–H and O–H groups in total. The molecule has 1 atom stereocenters. The Hall–Kier alpha value is -3.21. The van der Waals surface area contributed by atoms with E-state index in [1.165, 1.54) is 6.07 Å². The van der Waals surface area contributed by atoms with E-state index in [-0.39, 0.29) is 5.56 Å². The van der Waals surface area contributed by atoms with Gasteiger partial charge in [0, 0.05) is 5.56 Å². The molecule has 0 saturated carbocycles. The average Bonchev–Trinajstić information content (AvgIpc) is 2.69. The lowest BCUT2D eigenvalue weighted by atomic mass is 9.98. The fourth-order valence-corrected chi connectivity index (χ4v) is 2.65. The Morgan fingerprint density at radius 3 is 2.15 bits per heavy atom. The zero-order chi connectivity index (χ0) is 18.5. The number of methoxy groups -OCH3 is 1. The standard InChI is InChI=1S/C21H17F2NO2/c1-26-17-10-7-15(8-11-17)20(14-5-3-2-4-6-14)24-21(25)16-9-12-18(22)19(23)13-16/h2-13,20H,1H3,(H,24,25). The van der Waals surface area contributed by atoms with E-state index >= 15 is 0 Å². The first-order valence-electron chi connectivity index (χ1n) is 8.03. The molecule has 0 aliphatic carbocycles. The first-order chi connectivity index (χ1) is 12.6. The van der Waals surface area contributed by atoms with Crippen LogP contribution in [0.15, 0.2) is 72.8 Å². The zero-order valence-electron chi connectivity index (χ0n) is 14.1. The number of hydrogen-bond acceptors (Lipinski definition) is 2. The zero-order valence-corrected chi connectivity index (χ0v) is 14.1. The molecule has 1 amide bonds. The van der Waals surface area contributed by atoms with E-state index in [1.54, 1.807) is 19.2 Å². The molecular formula is C21H17F2NO2. The van der Waals surface area contributed by atoms with Crippen molar-refractivity contribution in [3.05, 3.63) is 101 Å². The first-order valence-corrected chi connectivity index (χ1v) is 8.03. The van der Waals surface area contributed by atoms with Gasteiger partial charge in [0.25, 0.3) is 5.91 Å². The van der Waals surface area contributed by atoms with Crippen LogP contribution in [0.1, 0.15) is 27.5 Å². The van der Waals surface area contributed by atoms with Gasteiger partial charge in [0.2, 0.25) is 0 Å². The Morgan fingerprint density at radius 2 is 1.54 bits per heavy atom. The van der Waals surface area contributed by atoms with Gasteiger partial charge in [-0.15, -0.1) is 0 Å². The lowest BCUT2D eigenvalue weighted by Crippen LogP contribution is -2.29. The van der Waals surface area contributed by atoms with E-state index in [1.807, 2.05) is 42.5 Å². The molecule has 0 aliphatic heterocycles. The van der Waals surface area contributed by atoms with E-state index < -0.39 is 23.6 Å². The Morgan fingerprint density at radius 1 is 0.885 bits per heavy atom. The van der Waals surface area contributed by atoms with E-state index in [0.29, 0.717) is 5.75 Å². The number of carbonyl (C=O) groups is 1. The highest BCUT2D eigenvalue weighted by Crippen LogP contribution is 2.24. The van der Waals surface area contributed by atoms with E-state index in [2.05, 4.69) is 5.32 Å². The van der Waals surface area contributed by atoms with Crippen molar-refractivity contribution in [3.8, 4) is 5.75 Å². The van der Waals surface area contributed by atoms with Crippen LogP contribution in [0.5, 0.6) is 5.75 Å². The lowest BCUT2D eigenvalue weighted by molar-refractivity contribution is 0.0942. The number of nitrogens with one attached hydrogen (secondary N) is 1. The summed E-state index contributed by atoms with van der Waals surface area (Å²) in [7, 11) is 1.58. The summed E-state index contributed by atoms with van der Waals surface area (Å²) in [5, 5.41) is 2.88. The summed E-state index contributed by atoms with van der Waals surface area (Å²) in [6.07, 6.45) is 0. The minimum Gasteiger partial charge on any atom is -0.497 e. The van der Waals surface area contributed by atoms with Gasteiger partial charge in [-0.2, -0.15) is 0 Å². The summed E-state index contributed by atoms with van der Waals surface area (Å²) in [5.41, 5.74) is 1.76. The summed E-state index contributed by atoms with van der Waals surface area (Å²) in [6, 6.07) is 19.3. The number of halogens is 2. The predicted octanol–water partition coefficient (Wildman–Crippen LogP) is 4.49. The number of carbonyl (C=O) groups excluding carboxylic acids is 1. The van der Waals surface area contributed by atoms with Crippen LogP contribution in [0.25, 0.3) is 0 Å².